The van der Waals surface area contributed by atoms with Gasteiger partial charge in [0.15, 0.2) is 0 Å². The van der Waals surface area contributed by atoms with Crippen LogP contribution >= 0.6 is 11.6 Å². The van der Waals surface area contributed by atoms with Crippen molar-refractivity contribution in [2.45, 2.75) is 13.8 Å². The molecule has 0 bridgehead atoms. The normalized spacial score (nSPS) is 12.2. The number of halogens is 2. The summed E-state index contributed by atoms with van der Waals surface area (Å²) in [5.74, 6) is 0.0640. The van der Waals surface area contributed by atoms with Crippen LogP contribution in [0.15, 0.2) is 23.8 Å². The Balaban J connectivity index is 2.98. The van der Waals surface area contributed by atoms with E-state index in [0.717, 1.165) is 12.1 Å². The molecular formula is C13H17ClFN. The predicted molar refractivity (Wildman–Crippen MR) is 68.2 cm³/mol. The maximum Gasteiger partial charge on any atom is 0.142 e. The van der Waals surface area contributed by atoms with Crippen LogP contribution in [0.5, 0.6) is 0 Å². The van der Waals surface area contributed by atoms with Crippen LogP contribution in [0.4, 0.5) is 4.39 Å². The summed E-state index contributed by atoms with van der Waals surface area (Å²) in [6.07, 6.45) is 2.00. The molecule has 0 atom stereocenters. The van der Waals surface area contributed by atoms with E-state index in [0.29, 0.717) is 5.92 Å². The third-order valence-corrected chi connectivity index (χ3v) is 2.72. The quantitative estimate of drug-likeness (QED) is 0.847. The zero-order chi connectivity index (χ0) is 12.1. The van der Waals surface area contributed by atoms with E-state index in [2.05, 4.69) is 19.2 Å². The van der Waals surface area contributed by atoms with Crippen molar-refractivity contribution >= 4 is 17.7 Å². The van der Waals surface area contributed by atoms with Gasteiger partial charge in [0.05, 0.1) is 5.02 Å². The second-order valence-corrected chi connectivity index (χ2v) is 4.49. The van der Waals surface area contributed by atoms with Crippen LogP contribution in [0.1, 0.15) is 19.4 Å². The third-order valence-electron chi connectivity index (χ3n) is 2.42. The van der Waals surface area contributed by atoms with Gasteiger partial charge in [-0.25, -0.2) is 4.39 Å². The fraction of sp³-hybridized carbons (Fsp3) is 0.385. The molecule has 0 aromatic heterocycles. The SMILES string of the molecule is CNCC(=Cc1ccc(Cl)c(F)c1)C(C)C. The van der Waals surface area contributed by atoms with Gasteiger partial charge in [-0.3, -0.25) is 0 Å². The Morgan fingerprint density at radius 2 is 2.19 bits per heavy atom. The highest BCUT2D eigenvalue weighted by Gasteiger charge is 2.04. The van der Waals surface area contributed by atoms with Crippen molar-refractivity contribution < 1.29 is 4.39 Å². The van der Waals surface area contributed by atoms with E-state index in [4.69, 9.17) is 11.6 Å². The van der Waals surface area contributed by atoms with Crippen molar-refractivity contribution in [1.29, 1.82) is 0 Å². The molecule has 0 aliphatic heterocycles. The lowest BCUT2D eigenvalue weighted by atomic mass is 10.0. The number of hydrogen-bond donors (Lipinski definition) is 1. The highest BCUT2D eigenvalue weighted by molar-refractivity contribution is 6.30. The number of rotatable bonds is 4. The standard InChI is InChI=1S/C13H17ClFN/c1-9(2)11(8-16-3)6-10-4-5-12(14)13(15)7-10/h4-7,9,16H,8H2,1-3H3. The molecule has 3 heteroatoms. The smallest absolute Gasteiger partial charge is 0.142 e. The van der Waals surface area contributed by atoms with Gasteiger partial charge in [-0.1, -0.05) is 43.2 Å². The van der Waals surface area contributed by atoms with Crippen molar-refractivity contribution in [2.24, 2.45) is 5.92 Å². The molecule has 0 saturated heterocycles. The second kappa shape index (κ2) is 6.02. The van der Waals surface area contributed by atoms with E-state index < -0.39 is 0 Å². The van der Waals surface area contributed by atoms with E-state index in [1.807, 2.05) is 19.2 Å². The fourth-order valence-corrected chi connectivity index (χ4v) is 1.56. The fourth-order valence-electron chi connectivity index (χ4n) is 1.44. The highest BCUT2D eigenvalue weighted by Crippen LogP contribution is 2.19. The van der Waals surface area contributed by atoms with Crippen molar-refractivity contribution in [1.82, 2.24) is 5.32 Å². The van der Waals surface area contributed by atoms with Crippen molar-refractivity contribution in [3.8, 4) is 0 Å². The maximum absolute atomic E-state index is 13.2. The van der Waals surface area contributed by atoms with Crippen LogP contribution in [0, 0.1) is 11.7 Å². The molecule has 1 N–H and O–H groups in total. The summed E-state index contributed by atoms with van der Waals surface area (Å²) < 4.78 is 13.2. The van der Waals surface area contributed by atoms with Gasteiger partial charge < -0.3 is 5.32 Å². The summed E-state index contributed by atoms with van der Waals surface area (Å²) in [6, 6.07) is 4.86. The molecule has 0 spiro atoms. The minimum Gasteiger partial charge on any atom is -0.316 e. The van der Waals surface area contributed by atoms with Gasteiger partial charge in [-0.2, -0.15) is 0 Å². The number of likely N-dealkylation sites (N-methyl/N-ethyl adjacent to an activating group) is 1. The Labute approximate surface area is 101 Å². The minimum atomic E-state index is -0.372. The monoisotopic (exact) mass is 241 g/mol. The summed E-state index contributed by atoms with van der Waals surface area (Å²) in [5, 5.41) is 3.27. The Hall–Kier alpha value is -0.860. The molecule has 1 aromatic carbocycles. The van der Waals surface area contributed by atoms with Crippen LogP contribution in [0.3, 0.4) is 0 Å². The molecular weight excluding hydrogens is 225 g/mol. The first-order valence-corrected chi connectivity index (χ1v) is 5.72. The molecule has 0 heterocycles. The average Bonchev–Trinajstić information content (AvgIpc) is 2.22. The second-order valence-electron chi connectivity index (χ2n) is 4.08. The van der Waals surface area contributed by atoms with E-state index in [1.165, 1.54) is 11.6 Å². The molecule has 16 heavy (non-hydrogen) atoms. The van der Waals surface area contributed by atoms with E-state index in [1.54, 1.807) is 6.07 Å². The largest absolute Gasteiger partial charge is 0.316 e. The molecule has 1 rings (SSSR count). The molecule has 0 unspecified atom stereocenters. The summed E-state index contributed by atoms with van der Waals surface area (Å²) >= 11 is 5.63. The first kappa shape index (κ1) is 13.2. The zero-order valence-electron chi connectivity index (χ0n) is 9.85. The first-order chi connectivity index (χ1) is 7.54. The van der Waals surface area contributed by atoms with Gasteiger partial charge in [0.25, 0.3) is 0 Å². The maximum atomic E-state index is 13.2. The molecule has 1 aromatic rings. The molecule has 1 nitrogen and oxygen atoms in total. The lowest BCUT2D eigenvalue weighted by Crippen LogP contribution is -2.13. The van der Waals surface area contributed by atoms with Gasteiger partial charge in [0, 0.05) is 6.54 Å². The van der Waals surface area contributed by atoms with Crippen molar-refractivity contribution in [2.75, 3.05) is 13.6 Å². The Morgan fingerprint density at radius 3 is 2.69 bits per heavy atom. The number of benzene rings is 1. The molecule has 0 amide bonds. The van der Waals surface area contributed by atoms with Crippen LogP contribution in [-0.4, -0.2) is 13.6 Å². The summed E-state index contributed by atoms with van der Waals surface area (Å²) in [6.45, 7) is 5.05. The van der Waals surface area contributed by atoms with Crippen molar-refractivity contribution in [3.63, 3.8) is 0 Å². The lowest BCUT2D eigenvalue weighted by molar-refractivity contribution is 0.628. The van der Waals surface area contributed by atoms with E-state index in [-0.39, 0.29) is 10.8 Å². The number of hydrogen-bond acceptors (Lipinski definition) is 1. The lowest BCUT2D eigenvalue weighted by Gasteiger charge is -2.11. The molecule has 0 radical (unpaired) electrons. The molecule has 0 fully saturated rings. The van der Waals surface area contributed by atoms with Gasteiger partial charge in [0.1, 0.15) is 5.82 Å². The Morgan fingerprint density at radius 1 is 1.50 bits per heavy atom. The third kappa shape index (κ3) is 3.62. The van der Waals surface area contributed by atoms with E-state index in [9.17, 15) is 4.39 Å². The van der Waals surface area contributed by atoms with Crippen LogP contribution in [0.25, 0.3) is 6.08 Å². The summed E-state index contributed by atoms with van der Waals surface area (Å²) in [5.41, 5.74) is 2.09. The van der Waals surface area contributed by atoms with Crippen LogP contribution in [-0.2, 0) is 0 Å². The van der Waals surface area contributed by atoms with Gasteiger partial charge in [-0.05, 0) is 30.7 Å². The summed E-state index contributed by atoms with van der Waals surface area (Å²) in [4.78, 5) is 0. The first-order valence-electron chi connectivity index (χ1n) is 5.34. The zero-order valence-corrected chi connectivity index (χ0v) is 10.6. The predicted octanol–water partition coefficient (Wildman–Crippen LogP) is 3.74. The van der Waals surface area contributed by atoms with Gasteiger partial charge in [-0.15, -0.1) is 0 Å². The highest BCUT2D eigenvalue weighted by atomic mass is 35.5. The van der Waals surface area contributed by atoms with Crippen LogP contribution < -0.4 is 5.32 Å². The number of nitrogens with one attached hydrogen (secondary N) is 1. The average molecular weight is 242 g/mol. The van der Waals surface area contributed by atoms with Crippen molar-refractivity contribution in [3.05, 3.63) is 40.2 Å². The summed E-state index contributed by atoms with van der Waals surface area (Å²) in [7, 11) is 1.90. The Kier molecular flexibility index (Phi) is 4.97. The van der Waals surface area contributed by atoms with Gasteiger partial charge >= 0.3 is 0 Å². The van der Waals surface area contributed by atoms with E-state index >= 15 is 0 Å². The molecule has 0 aliphatic rings. The Bertz CT molecular complexity index is 386. The van der Waals surface area contributed by atoms with Gasteiger partial charge in [0.2, 0.25) is 0 Å². The molecule has 0 saturated carbocycles. The molecule has 88 valence electrons. The van der Waals surface area contributed by atoms with Crippen LogP contribution in [0.2, 0.25) is 5.02 Å². The minimum absolute atomic E-state index is 0.164. The molecule has 0 aliphatic carbocycles. The topological polar surface area (TPSA) is 12.0 Å².